The molecule has 0 saturated heterocycles. The van der Waals surface area contributed by atoms with Crippen molar-refractivity contribution in [1.82, 2.24) is 9.13 Å². The fraction of sp³-hybridized carbons (Fsp3) is 0.182. The smallest absolute Gasteiger partial charge is 0.119 e. The minimum absolute atomic E-state index is 0.675. The Hall–Kier alpha value is -5.88. The third-order valence-electron chi connectivity index (χ3n) is 9.40. The van der Waals surface area contributed by atoms with E-state index >= 15 is 0 Å². The summed E-state index contributed by atoms with van der Waals surface area (Å²) in [4.78, 5) is 0. The Morgan fingerprint density at radius 2 is 0.680 bits per heavy atom. The zero-order chi connectivity index (χ0) is 33.5. The lowest BCUT2D eigenvalue weighted by atomic mass is 10.2. The van der Waals surface area contributed by atoms with Gasteiger partial charge in [0.1, 0.15) is 11.5 Å². The molecule has 0 bridgehead atoms. The van der Waals surface area contributed by atoms with E-state index < -0.39 is 0 Å². The van der Waals surface area contributed by atoms with Gasteiger partial charge in [-0.2, -0.15) is 10.2 Å². The Morgan fingerprint density at radius 3 is 1.02 bits per heavy atom. The van der Waals surface area contributed by atoms with Gasteiger partial charge in [-0.25, -0.2) is 0 Å². The Bertz CT molecular complexity index is 2110. The van der Waals surface area contributed by atoms with Gasteiger partial charge < -0.3 is 18.6 Å². The molecule has 0 amide bonds. The highest BCUT2D eigenvalue weighted by Gasteiger charge is 2.10. The predicted molar refractivity (Wildman–Crippen MR) is 205 cm³/mol. The molecule has 6 heteroatoms. The average Bonchev–Trinajstić information content (AvgIpc) is 3.67. The molecule has 0 N–H and O–H groups in total. The molecule has 0 spiro atoms. The second kappa shape index (κ2) is 14.7. The van der Waals surface area contributed by atoms with E-state index in [0.717, 1.165) is 61.6 Å². The molecule has 6 aromatic carbocycles. The molecule has 0 saturated carbocycles. The quantitative estimate of drug-likeness (QED) is 0.0864. The van der Waals surface area contributed by atoms with E-state index in [4.69, 9.17) is 9.47 Å². The Labute approximate surface area is 292 Å². The van der Waals surface area contributed by atoms with Crippen molar-refractivity contribution in [1.29, 1.82) is 0 Å². The highest BCUT2D eigenvalue weighted by Crippen LogP contribution is 2.31. The van der Waals surface area contributed by atoms with E-state index in [-0.39, 0.29) is 0 Å². The molecule has 0 fully saturated rings. The van der Waals surface area contributed by atoms with E-state index in [0.29, 0.717) is 13.2 Å². The van der Waals surface area contributed by atoms with Crippen molar-refractivity contribution in [3.05, 3.63) is 146 Å². The van der Waals surface area contributed by atoms with Crippen LogP contribution in [0.2, 0.25) is 0 Å². The van der Waals surface area contributed by atoms with Gasteiger partial charge in [0.25, 0.3) is 0 Å². The van der Waals surface area contributed by atoms with Crippen LogP contribution in [-0.2, 0) is 13.1 Å². The molecule has 50 heavy (non-hydrogen) atoms. The minimum Gasteiger partial charge on any atom is -0.494 e. The maximum absolute atomic E-state index is 6.03. The number of fused-ring (bicyclic) bond motifs is 6. The summed E-state index contributed by atoms with van der Waals surface area (Å²) in [5.74, 6) is 1.69. The molecule has 6 nitrogen and oxygen atoms in total. The Kier molecular flexibility index (Phi) is 9.23. The third kappa shape index (κ3) is 6.70. The molecular weight excluding hydrogens is 617 g/mol. The lowest BCUT2D eigenvalue weighted by molar-refractivity contribution is 0.304. The highest BCUT2D eigenvalue weighted by molar-refractivity contribution is 6.08. The SMILES string of the molecule is c1ccc2c(c1)c1ccccc1n2CCCCOc1ccc(N=Nc2ccc(OCCCCn3c4ccccc4c4ccccc43)cc2)cc1. The van der Waals surface area contributed by atoms with Crippen LogP contribution < -0.4 is 9.47 Å². The van der Waals surface area contributed by atoms with E-state index in [9.17, 15) is 0 Å². The topological polar surface area (TPSA) is 53.0 Å². The molecular formula is C44H40N4O2. The molecule has 0 aliphatic carbocycles. The summed E-state index contributed by atoms with van der Waals surface area (Å²) in [5.41, 5.74) is 6.74. The molecule has 248 valence electrons. The van der Waals surface area contributed by atoms with Crippen LogP contribution in [0.15, 0.2) is 156 Å². The van der Waals surface area contributed by atoms with Crippen molar-refractivity contribution in [3.63, 3.8) is 0 Å². The first-order valence-electron chi connectivity index (χ1n) is 17.6. The van der Waals surface area contributed by atoms with Gasteiger partial charge in [0.15, 0.2) is 0 Å². The van der Waals surface area contributed by atoms with Gasteiger partial charge in [0.05, 0.1) is 24.6 Å². The summed E-state index contributed by atoms with van der Waals surface area (Å²) in [6.07, 6.45) is 4.04. The fourth-order valence-corrected chi connectivity index (χ4v) is 6.95. The van der Waals surface area contributed by atoms with E-state index in [1.54, 1.807) is 0 Å². The zero-order valence-electron chi connectivity index (χ0n) is 28.1. The normalized spacial score (nSPS) is 11.8. The van der Waals surface area contributed by atoms with E-state index in [1.807, 2.05) is 48.5 Å². The summed E-state index contributed by atoms with van der Waals surface area (Å²) in [7, 11) is 0. The lowest BCUT2D eigenvalue weighted by Crippen LogP contribution is -2.02. The zero-order valence-corrected chi connectivity index (χ0v) is 28.1. The summed E-state index contributed by atoms with van der Waals surface area (Å²) in [5, 5.41) is 14.1. The molecule has 0 aliphatic rings. The summed E-state index contributed by atoms with van der Waals surface area (Å²) >= 11 is 0. The van der Waals surface area contributed by atoms with Crippen LogP contribution in [-0.4, -0.2) is 22.3 Å². The van der Waals surface area contributed by atoms with Crippen LogP contribution in [0.4, 0.5) is 11.4 Å². The van der Waals surface area contributed by atoms with Gasteiger partial charge in [0.2, 0.25) is 0 Å². The summed E-state index contributed by atoms with van der Waals surface area (Å²) < 4.78 is 16.9. The number of hydrogen-bond donors (Lipinski definition) is 0. The standard InChI is InChI=1S/C44H40N4O2/c1-5-17-41-37(13-1)38-14-2-6-18-42(38)47(41)29-9-11-31-49-35-25-21-33(22-26-35)45-46-34-23-27-36(28-24-34)50-32-12-10-30-48-43-19-7-3-15-39(43)40-16-4-8-20-44(40)48/h1-8,13-28H,9-12,29-32H2. The van der Waals surface area contributed by atoms with Crippen LogP contribution in [0.3, 0.4) is 0 Å². The number of rotatable bonds is 14. The van der Waals surface area contributed by atoms with Crippen molar-refractivity contribution < 1.29 is 9.47 Å². The number of unbranched alkanes of at least 4 members (excludes halogenated alkanes) is 2. The molecule has 8 rings (SSSR count). The number of aromatic nitrogens is 2. The van der Waals surface area contributed by atoms with Crippen LogP contribution >= 0.6 is 0 Å². The molecule has 8 aromatic rings. The number of ether oxygens (including phenoxy) is 2. The number of hydrogen-bond acceptors (Lipinski definition) is 4. The number of nitrogens with zero attached hydrogens (tertiary/aromatic N) is 4. The summed E-state index contributed by atoms with van der Waals surface area (Å²) in [6.45, 7) is 3.28. The Balaban J connectivity index is 0.766. The van der Waals surface area contributed by atoms with Gasteiger partial charge in [-0.1, -0.05) is 72.8 Å². The van der Waals surface area contributed by atoms with Gasteiger partial charge in [-0.3, -0.25) is 0 Å². The molecule has 0 radical (unpaired) electrons. The molecule has 2 aromatic heterocycles. The van der Waals surface area contributed by atoms with E-state index in [1.165, 1.54) is 43.6 Å². The van der Waals surface area contributed by atoms with Gasteiger partial charge in [-0.15, -0.1) is 0 Å². The molecule has 0 unspecified atom stereocenters. The van der Waals surface area contributed by atoms with Crippen LogP contribution in [0.1, 0.15) is 25.7 Å². The van der Waals surface area contributed by atoms with Crippen LogP contribution in [0, 0.1) is 0 Å². The van der Waals surface area contributed by atoms with Crippen molar-refractivity contribution in [2.75, 3.05) is 13.2 Å². The third-order valence-corrected chi connectivity index (χ3v) is 9.40. The monoisotopic (exact) mass is 656 g/mol. The average molecular weight is 657 g/mol. The lowest BCUT2D eigenvalue weighted by Gasteiger charge is -2.09. The van der Waals surface area contributed by atoms with Gasteiger partial charge >= 0.3 is 0 Å². The predicted octanol–water partition coefficient (Wildman–Crippen LogP) is 12.0. The number of aryl methyl sites for hydroxylation is 2. The number of benzene rings is 6. The Morgan fingerprint density at radius 1 is 0.360 bits per heavy atom. The second-order valence-corrected chi connectivity index (χ2v) is 12.7. The van der Waals surface area contributed by atoms with Crippen LogP contribution in [0.5, 0.6) is 11.5 Å². The fourth-order valence-electron chi connectivity index (χ4n) is 6.95. The first-order chi connectivity index (χ1) is 24.8. The first kappa shape index (κ1) is 31.4. The van der Waals surface area contributed by atoms with Crippen molar-refractivity contribution in [2.45, 2.75) is 38.8 Å². The van der Waals surface area contributed by atoms with Crippen molar-refractivity contribution in [2.24, 2.45) is 10.2 Å². The number of para-hydroxylation sites is 4. The van der Waals surface area contributed by atoms with Gasteiger partial charge in [-0.05, 0) is 98.5 Å². The van der Waals surface area contributed by atoms with Crippen LogP contribution in [0.25, 0.3) is 43.6 Å². The maximum atomic E-state index is 6.03. The van der Waals surface area contributed by atoms with Crippen molar-refractivity contribution in [3.8, 4) is 11.5 Å². The summed E-state index contributed by atoms with van der Waals surface area (Å²) in [6, 6.07) is 50.2. The number of azo groups is 1. The highest BCUT2D eigenvalue weighted by atomic mass is 16.5. The molecule has 0 aliphatic heterocycles. The van der Waals surface area contributed by atoms with Crippen molar-refractivity contribution >= 4 is 55.0 Å². The maximum Gasteiger partial charge on any atom is 0.119 e. The second-order valence-electron chi connectivity index (χ2n) is 12.7. The van der Waals surface area contributed by atoms with Gasteiger partial charge in [0, 0.05) is 56.7 Å². The molecule has 0 atom stereocenters. The molecule has 2 heterocycles. The minimum atomic E-state index is 0.675. The largest absolute Gasteiger partial charge is 0.494 e. The van der Waals surface area contributed by atoms with E-state index in [2.05, 4.69) is 116 Å². The first-order valence-corrected chi connectivity index (χ1v) is 17.6.